The van der Waals surface area contributed by atoms with Crippen molar-refractivity contribution in [2.75, 3.05) is 6.54 Å². The highest BCUT2D eigenvalue weighted by atomic mass is 32.1. The molecule has 0 aliphatic carbocycles. The summed E-state index contributed by atoms with van der Waals surface area (Å²) in [5, 5.41) is 2.09. The zero-order chi connectivity index (χ0) is 8.27. The number of hydrogen-bond acceptors (Lipinski definition) is 3. The maximum Gasteiger partial charge on any atom is 0.0794 e. The number of hydrogen-bond donors (Lipinski definition) is 1. The van der Waals surface area contributed by atoms with Crippen molar-refractivity contribution >= 4 is 11.3 Å². The van der Waals surface area contributed by atoms with Gasteiger partial charge in [0.25, 0.3) is 0 Å². The molecular formula is C8H14N2S. The van der Waals surface area contributed by atoms with E-state index in [-0.39, 0.29) is 0 Å². The Bertz CT molecular complexity index is 196. The summed E-state index contributed by atoms with van der Waals surface area (Å²) >= 11 is 1.64. The molecule has 1 rings (SSSR count). The second-order valence-corrected chi connectivity index (χ2v) is 3.63. The molecule has 2 N–H and O–H groups in total. The van der Waals surface area contributed by atoms with E-state index in [0.29, 0.717) is 11.8 Å². The molecule has 0 aromatic carbocycles. The lowest BCUT2D eigenvalue weighted by atomic mass is 9.94. The molecule has 0 bridgehead atoms. The Morgan fingerprint density at radius 2 is 2.36 bits per heavy atom. The first-order valence-corrected chi connectivity index (χ1v) is 4.78. The minimum absolute atomic E-state index is 0.492. The van der Waals surface area contributed by atoms with Crippen LogP contribution in [0.15, 0.2) is 10.9 Å². The van der Waals surface area contributed by atoms with Gasteiger partial charge in [0, 0.05) is 11.3 Å². The lowest BCUT2D eigenvalue weighted by molar-refractivity contribution is 0.491. The molecule has 0 amide bonds. The molecule has 1 aromatic heterocycles. The van der Waals surface area contributed by atoms with Gasteiger partial charge in [-0.3, -0.25) is 0 Å². The van der Waals surface area contributed by atoms with Crippen LogP contribution in [0.3, 0.4) is 0 Å². The number of nitrogens with zero attached hydrogens (tertiary/aromatic N) is 1. The average Bonchev–Trinajstić information content (AvgIpc) is 2.53. The van der Waals surface area contributed by atoms with Gasteiger partial charge in [0.1, 0.15) is 0 Å². The zero-order valence-corrected chi connectivity index (χ0v) is 7.77. The van der Waals surface area contributed by atoms with Crippen molar-refractivity contribution in [3.05, 3.63) is 16.6 Å². The number of thiazole rings is 1. The van der Waals surface area contributed by atoms with E-state index in [1.807, 2.05) is 5.51 Å². The van der Waals surface area contributed by atoms with E-state index in [4.69, 9.17) is 5.73 Å². The maximum atomic E-state index is 5.55. The topological polar surface area (TPSA) is 38.9 Å². The van der Waals surface area contributed by atoms with Gasteiger partial charge in [-0.1, -0.05) is 13.8 Å². The van der Waals surface area contributed by atoms with Crippen LogP contribution in [0.5, 0.6) is 0 Å². The van der Waals surface area contributed by atoms with Gasteiger partial charge in [0.05, 0.1) is 11.2 Å². The predicted molar refractivity (Wildman–Crippen MR) is 48.7 cm³/mol. The van der Waals surface area contributed by atoms with Crippen molar-refractivity contribution in [3.8, 4) is 0 Å². The normalized spacial score (nSPS) is 16.3. The van der Waals surface area contributed by atoms with Gasteiger partial charge in [0.2, 0.25) is 0 Å². The van der Waals surface area contributed by atoms with Crippen molar-refractivity contribution in [1.29, 1.82) is 0 Å². The van der Waals surface area contributed by atoms with E-state index < -0.39 is 0 Å². The van der Waals surface area contributed by atoms with Crippen LogP contribution in [0.25, 0.3) is 0 Å². The molecular weight excluding hydrogens is 156 g/mol. The quantitative estimate of drug-likeness (QED) is 0.751. The molecule has 62 valence electrons. The van der Waals surface area contributed by atoms with Crippen LogP contribution in [0.1, 0.15) is 25.5 Å². The smallest absolute Gasteiger partial charge is 0.0794 e. The monoisotopic (exact) mass is 170 g/mol. The third-order valence-electron chi connectivity index (χ3n) is 2.14. The molecule has 0 saturated heterocycles. The number of rotatable bonds is 3. The van der Waals surface area contributed by atoms with Gasteiger partial charge in [-0.15, -0.1) is 11.3 Å². The Morgan fingerprint density at radius 3 is 2.82 bits per heavy atom. The highest BCUT2D eigenvalue weighted by molar-refractivity contribution is 7.07. The Labute approximate surface area is 71.5 Å². The van der Waals surface area contributed by atoms with Crippen LogP contribution in [0.2, 0.25) is 0 Å². The highest BCUT2D eigenvalue weighted by Gasteiger charge is 2.13. The van der Waals surface area contributed by atoms with E-state index in [9.17, 15) is 0 Å². The van der Waals surface area contributed by atoms with Gasteiger partial charge >= 0.3 is 0 Å². The fourth-order valence-electron chi connectivity index (χ4n) is 0.942. The van der Waals surface area contributed by atoms with E-state index in [0.717, 1.165) is 6.54 Å². The van der Waals surface area contributed by atoms with E-state index in [1.165, 1.54) is 5.69 Å². The van der Waals surface area contributed by atoms with Crippen molar-refractivity contribution in [2.45, 2.75) is 19.8 Å². The Morgan fingerprint density at radius 1 is 1.64 bits per heavy atom. The van der Waals surface area contributed by atoms with Crippen LogP contribution in [-0.4, -0.2) is 11.5 Å². The van der Waals surface area contributed by atoms with E-state index in [2.05, 4.69) is 24.2 Å². The Hall–Kier alpha value is -0.410. The molecule has 0 spiro atoms. The van der Waals surface area contributed by atoms with Gasteiger partial charge in [0.15, 0.2) is 0 Å². The molecule has 2 nitrogen and oxygen atoms in total. The molecule has 0 radical (unpaired) electrons. The summed E-state index contributed by atoms with van der Waals surface area (Å²) in [4.78, 5) is 4.25. The van der Waals surface area contributed by atoms with Crippen LogP contribution >= 0.6 is 11.3 Å². The average molecular weight is 170 g/mol. The number of aromatic nitrogens is 1. The molecule has 2 atom stereocenters. The molecule has 2 unspecified atom stereocenters. The summed E-state index contributed by atoms with van der Waals surface area (Å²) in [6, 6.07) is 0. The lowest BCUT2D eigenvalue weighted by Gasteiger charge is -2.15. The van der Waals surface area contributed by atoms with Crippen molar-refractivity contribution in [1.82, 2.24) is 4.98 Å². The second kappa shape index (κ2) is 3.83. The predicted octanol–water partition coefficient (Wildman–Crippen LogP) is 1.84. The third kappa shape index (κ3) is 2.01. The first-order chi connectivity index (χ1) is 5.25. The van der Waals surface area contributed by atoms with Crippen LogP contribution in [-0.2, 0) is 0 Å². The Kier molecular flexibility index (Phi) is 3.02. The minimum Gasteiger partial charge on any atom is -0.330 e. The molecule has 3 heteroatoms. The molecule has 1 heterocycles. The zero-order valence-electron chi connectivity index (χ0n) is 6.95. The first-order valence-electron chi connectivity index (χ1n) is 3.84. The molecule has 0 saturated carbocycles. The standard InChI is InChI=1S/C8H14N2S/c1-6(3-9)7(2)8-4-11-5-10-8/h4-7H,3,9H2,1-2H3. The fourth-order valence-corrected chi connectivity index (χ4v) is 1.60. The summed E-state index contributed by atoms with van der Waals surface area (Å²) < 4.78 is 0. The second-order valence-electron chi connectivity index (χ2n) is 2.91. The van der Waals surface area contributed by atoms with Crippen LogP contribution < -0.4 is 5.73 Å². The minimum atomic E-state index is 0.492. The molecule has 0 aliphatic heterocycles. The maximum absolute atomic E-state index is 5.55. The SMILES string of the molecule is CC(CN)C(C)c1cscn1. The van der Waals surface area contributed by atoms with Gasteiger partial charge in [-0.05, 0) is 12.5 Å². The lowest BCUT2D eigenvalue weighted by Crippen LogP contribution is -2.17. The van der Waals surface area contributed by atoms with E-state index in [1.54, 1.807) is 11.3 Å². The van der Waals surface area contributed by atoms with E-state index >= 15 is 0 Å². The molecule has 0 aliphatic rings. The summed E-state index contributed by atoms with van der Waals surface area (Å²) in [6.07, 6.45) is 0. The first kappa shape index (κ1) is 8.68. The summed E-state index contributed by atoms with van der Waals surface area (Å²) in [6.45, 7) is 5.06. The number of nitrogens with two attached hydrogens (primary N) is 1. The molecule has 11 heavy (non-hydrogen) atoms. The third-order valence-corrected chi connectivity index (χ3v) is 2.75. The molecule has 1 aromatic rings. The summed E-state index contributed by atoms with van der Waals surface area (Å²) in [5.41, 5.74) is 8.60. The van der Waals surface area contributed by atoms with Crippen LogP contribution in [0, 0.1) is 5.92 Å². The van der Waals surface area contributed by atoms with Crippen molar-refractivity contribution < 1.29 is 0 Å². The van der Waals surface area contributed by atoms with Gasteiger partial charge < -0.3 is 5.73 Å². The van der Waals surface area contributed by atoms with Gasteiger partial charge in [-0.2, -0.15) is 0 Å². The highest BCUT2D eigenvalue weighted by Crippen LogP contribution is 2.22. The summed E-state index contributed by atoms with van der Waals surface area (Å²) in [5.74, 6) is 1.02. The van der Waals surface area contributed by atoms with Crippen molar-refractivity contribution in [3.63, 3.8) is 0 Å². The van der Waals surface area contributed by atoms with Crippen LogP contribution in [0.4, 0.5) is 0 Å². The van der Waals surface area contributed by atoms with Gasteiger partial charge in [-0.25, -0.2) is 4.98 Å². The molecule has 0 fully saturated rings. The summed E-state index contributed by atoms with van der Waals surface area (Å²) in [7, 11) is 0. The fraction of sp³-hybridized carbons (Fsp3) is 0.625. The Balaban J connectivity index is 2.62. The largest absolute Gasteiger partial charge is 0.330 e. The van der Waals surface area contributed by atoms with Crippen molar-refractivity contribution in [2.24, 2.45) is 11.7 Å².